The highest BCUT2D eigenvalue weighted by Gasteiger charge is 2.48. The monoisotopic (exact) mass is 279 g/mol. The average molecular weight is 280 g/mol. The van der Waals surface area contributed by atoms with E-state index in [0.29, 0.717) is 0 Å². The van der Waals surface area contributed by atoms with Gasteiger partial charge in [0.15, 0.2) is 0 Å². The Bertz CT molecular complexity index is 484. The summed E-state index contributed by atoms with van der Waals surface area (Å²) in [6.07, 6.45) is 1.88. The van der Waals surface area contributed by atoms with E-state index in [0.717, 1.165) is 39.8 Å². The van der Waals surface area contributed by atoms with Crippen molar-refractivity contribution < 1.29 is 4.74 Å². The van der Waals surface area contributed by atoms with Crippen LogP contribution in [0, 0.1) is 25.2 Å². The van der Waals surface area contributed by atoms with Gasteiger partial charge in [-0.15, -0.1) is 0 Å². The van der Waals surface area contributed by atoms with E-state index in [1.165, 1.54) is 0 Å². The Morgan fingerprint density at radius 2 is 2.06 bits per heavy atom. The van der Waals surface area contributed by atoms with E-state index >= 15 is 0 Å². The van der Waals surface area contributed by atoms with Crippen LogP contribution in [0.15, 0.2) is 10.5 Å². The number of nitriles is 1. The summed E-state index contributed by atoms with van der Waals surface area (Å²) in [5.41, 5.74) is 3.05. The molecule has 1 aromatic carbocycles. The molecule has 2 nitrogen and oxygen atoms in total. The fourth-order valence-corrected chi connectivity index (χ4v) is 2.53. The zero-order valence-electron chi connectivity index (χ0n) is 9.72. The van der Waals surface area contributed by atoms with Crippen molar-refractivity contribution >= 4 is 15.9 Å². The maximum absolute atomic E-state index is 9.29. The molecule has 16 heavy (non-hydrogen) atoms. The summed E-state index contributed by atoms with van der Waals surface area (Å²) in [7, 11) is 1.67. The van der Waals surface area contributed by atoms with E-state index in [1.54, 1.807) is 7.11 Å². The number of hydrogen-bond acceptors (Lipinski definition) is 2. The molecule has 1 aromatic rings. The Kier molecular flexibility index (Phi) is 2.71. The van der Waals surface area contributed by atoms with E-state index in [-0.39, 0.29) is 5.41 Å². The number of rotatable bonds is 2. The standard InChI is InChI=1S/C13H14BrNO/c1-8-6-10(16-3)11(9(2)12(8)14)13(7-15)4-5-13/h6H,4-5H2,1-3H3. The van der Waals surface area contributed by atoms with Crippen LogP contribution in [0.2, 0.25) is 0 Å². The van der Waals surface area contributed by atoms with Crippen LogP contribution in [0.3, 0.4) is 0 Å². The van der Waals surface area contributed by atoms with Crippen LogP contribution < -0.4 is 4.74 Å². The number of halogens is 1. The second-order valence-electron chi connectivity index (χ2n) is 4.40. The summed E-state index contributed by atoms with van der Waals surface area (Å²) >= 11 is 3.58. The van der Waals surface area contributed by atoms with Crippen LogP contribution in [0.4, 0.5) is 0 Å². The predicted octanol–water partition coefficient (Wildman–Crippen LogP) is 3.63. The van der Waals surface area contributed by atoms with Crippen molar-refractivity contribution in [1.82, 2.24) is 0 Å². The molecule has 1 saturated carbocycles. The molecule has 1 aliphatic carbocycles. The van der Waals surface area contributed by atoms with Crippen molar-refractivity contribution in [2.24, 2.45) is 0 Å². The van der Waals surface area contributed by atoms with E-state index < -0.39 is 0 Å². The SMILES string of the molecule is COc1cc(C)c(Br)c(C)c1C1(C#N)CC1. The summed E-state index contributed by atoms with van der Waals surface area (Å²) in [6.45, 7) is 4.08. The maximum Gasteiger partial charge on any atom is 0.124 e. The molecule has 0 saturated heterocycles. The van der Waals surface area contributed by atoms with Crippen molar-refractivity contribution in [2.75, 3.05) is 7.11 Å². The smallest absolute Gasteiger partial charge is 0.124 e. The Labute approximate surface area is 104 Å². The molecule has 0 N–H and O–H groups in total. The summed E-state index contributed by atoms with van der Waals surface area (Å²) in [5.74, 6) is 0.845. The van der Waals surface area contributed by atoms with Gasteiger partial charge in [0.1, 0.15) is 5.75 Å². The Morgan fingerprint density at radius 3 is 2.50 bits per heavy atom. The Hall–Kier alpha value is -1.01. The molecule has 0 amide bonds. The molecule has 0 radical (unpaired) electrons. The molecule has 0 heterocycles. The molecule has 0 spiro atoms. The van der Waals surface area contributed by atoms with Crippen molar-refractivity contribution in [3.63, 3.8) is 0 Å². The minimum Gasteiger partial charge on any atom is -0.496 e. The minimum absolute atomic E-state index is 0.300. The van der Waals surface area contributed by atoms with Gasteiger partial charge in [0.05, 0.1) is 18.6 Å². The molecule has 1 aliphatic rings. The quantitative estimate of drug-likeness (QED) is 0.828. The zero-order valence-corrected chi connectivity index (χ0v) is 11.3. The molecule has 0 aromatic heterocycles. The number of ether oxygens (including phenoxy) is 1. The van der Waals surface area contributed by atoms with Gasteiger partial charge >= 0.3 is 0 Å². The topological polar surface area (TPSA) is 33.0 Å². The van der Waals surface area contributed by atoms with Crippen LogP contribution in [0.1, 0.15) is 29.5 Å². The van der Waals surface area contributed by atoms with Crippen LogP contribution in [-0.4, -0.2) is 7.11 Å². The number of benzene rings is 1. The first kappa shape index (κ1) is 11.5. The van der Waals surface area contributed by atoms with Crippen molar-refractivity contribution in [1.29, 1.82) is 5.26 Å². The second-order valence-corrected chi connectivity index (χ2v) is 5.20. The maximum atomic E-state index is 9.29. The summed E-state index contributed by atoms with van der Waals surface area (Å²) in [6, 6.07) is 4.43. The third kappa shape index (κ3) is 1.53. The molecular formula is C13H14BrNO. The van der Waals surface area contributed by atoms with Crippen LogP contribution in [-0.2, 0) is 5.41 Å². The molecule has 84 valence electrons. The zero-order chi connectivity index (χ0) is 11.9. The third-order valence-corrected chi connectivity index (χ3v) is 4.53. The van der Waals surface area contributed by atoms with Gasteiger partial charge < -0.3 is 4.74 Å². The minimum atomic E-state index is -0.300. The Morgan fingerprint density at radius 1 is 1.44 bits per heavy atom. The van der Waals surface area contributed by atoms with Gasteiger partial charge in [-0.25, -0.2) is 0 Å². The highest BCUT2D eigenvalue weighted by molar-refractivity contribution is 9.10. The van der Waals surface area contributed by atoms with Gasteiger partial charge in [-0.3, -0.25) is 0 Å². The molecule has 3 heteroatoms. The van der Waals surface area contributed by atoms with Crippen LogP contribution >= 0.6 is 15.9 Å². The number of hydrogen-bond donors (Lipinski definition) is 0. The normalized spacial score (nSPS) is 16.7. The van der Waals surface area contributed by atoms with E-state index in [4.69, 9.17) is 4.74 Å². The number of methoxy groups -OCH3 is 1. The van der Waals surface area contributed by atoms with Crippen molar-refractivity contribution in [3.8, 4) is 11.8 Å². The Balaban J connectivity index is 2.69. The number of nitrogens with zero attached hydrogens (tertiary/aromatic N) is 1. The predicted molar refractivity (Wildman–Crippen MR) is 66.7 cm³/mol. The van der Waals surface area contributed by atoms with E-state index in [9.17, 15) is 5.26 Å². The van der Waals surface area contributed by atoms with Crippen molar-refractivity contribution in [2.45, 2.75) is 32.1 Å². The lowest BCUT2D eigenvalue weighted by atomic mass is 9.91. The van der Waals surface area contributed by atoms with Crippen LogP contribution in [0.5, 0.6) is 5.75 Å². The summed E-state index contributed by atoms with van der Waals surface area (Å²) in [5, 5.41) is 9.29. The summed E-state index contributed by atoms with van der Waals surface area (Å²) in [4.78, 5) is 0. The van der Waals surface area contributed by atoms with Gasteiger partial charge in [-0.2, -0.15) is 5.26 Å². The van der Waals surface area contributed by atoms with Gasteiger partial charge in [0.2, 0.25) is 0 Å². The highest BCUT2D eigenvalue weighted by Crippen LogP contribution is 2.53. The fraction of sp³-hybridized carbons (Fsp3) is 0.462. The van der Waals surface area contributed by atoms with Gasteiger partial charge in [-0.1, -0.05) is 15.9 Å². The lowest BCUT2D eigenvalue weighted by Crippen LogP contribution is -2.09. The highest BCUT2D eigenvalue weighted by atomic mass is 79.9. The van der Waals surface area contributed by atoms with E-state index in [2.05, 4.69) is 22.0 Å². The molecule has 1 fully saturated rings. The first-order valence-corrected chi connectivity index (χ1v) is 6.10. The fourth-order valence-electron chi connectivity index (χ4n) is 2.22. The van der Waals surface area contributed by atoms with E-state index in [1.807, 2.05) is 19.9 Å². The lowest BCUT2D eigenvalue weighted by molar-refractivity contribution is 0.406. The molecule has 0 atom stereocenters. The molecule has 0 bridgehead atoms. The lowest BCUT2D eigenvalue weighted by Gasteiger charge is -2.18. The first-order chi connectivity index (χ1) is 7.55. The molecule has 0 unspecified atom stereocenters. The van der Waals surface area contributed by atoms with Crippen LogP contribution in [0.25, 0.3) is 0 Å². The molecule has 0 aliphatic heterocycles. The average Bonchev–Trinajstić information content (AvgIpc) is 3.06. The van der Waals surface area contributed by atoms with Gasteiger partial charge in [0, 0.05) is 10.0 Å². The third-order valence-electron chi connectivity index (χ3n) is 3.31. The first-order valence-electron chi connectivity index (χ1n) is 5.31. The largest absolute Gasteiger partial charge is 0.496 e. The molecule has 2 rings (SSSR count). The van der Waals surface area contributed by atoms with Gasteiger partial charge in [-0.05, 0) is 43.9 Å². The van der Waals surface area contributed by atoms with Gasteiger partial charge in [0.25, 0.3) is 0 Å². The second kappa shape index (κ2) is 3.78. The summed E-state index contributed by atoms with van der Waals surface area (Å²) < 4.78 is 6.51. The molecular weight excluding hydrogens is 266 g/mol. The van der Waals surface area contributed by atoms with Crippen molar-refractivity contribution in [3.05, 3.63) is 27.2 Å². The number of aryl methyl sites for hydroxylation is 1.